The average molecular weight is 265 g/mol. The molecule has 3 heteroatoms. The van der Waals surface area contributed by atoms with Crippen LogP contribution in [0.15, 0.2) is 52.9 Å². The molecule has 1 aromatic heterocycles. The van der Waals surface area contributed by atoms with Crippen LogP contribution in [0.2, 0.25) is 0 Å². The van der Waals surface area contributed by atoms with E-state index >= 15 is 0 Å². The molecule has 3 rings (SSSR count). The first kappa shape index (κ1) is 12.4. The molecule has 0 saturated carbocycles. The molecule has 0 radical (unpaired) electrons. The maximum absolute atomic E-state index is 5.75. The summed E-state index contributed by atoms with van der Waals surface area (Å²) in [7, 11) is 1.66. The molecule has 0 aliphatic heterocycles. The second-order valence-corrected chi connectivity index (χ2v) is 4.55. The van der Waals surface area contributed by atoms with Crippen molar-refractivity contribution in [3.05, 3.63) is 59.9 Å². The Morgan fingerprint density at radius 1 is 1.00 bits per heavy atom. The zero-order valence-electron chi connectivity index (χ0n) is 11.2. The van der Waals surface area contributed by atoms with E-state index in [1.165, 1.54) is 0 Å². The first-order chi connectivity index (χ1) is 9.74. The number of methoxy groups -OCH3 is 1. The average Bonchev–Trinajstić information content (AvgIpc) is 2.88. The highest BCUT2D eigenvalue weighted by Gasteiger charge is 2.02. The van der Waals surface area contributed by atoms with E-state index in [0.717, 1.165) is 33.7 Å². The van der Waals surface area contributed by atoms with Crippen molar-refractivity contribution < 1.29 is 9.15 Å². The summed E-state index contributed by atoms with van der Waals surface area (Å²) in [6.45, 7) is 0. The van der Waals surface area contributed by atoms with Gasteiger partial charge in [-0.05, 0) is 48.0 Å². The minimum Gasteiger partial charge on any atom is -0.497 e. The van der Waals surface area contributed by atoms with Gasteiger partial charge in [-0.15, -0.1) is 0 Å². The smallest absolute Gasteiger partial charge is 0.135 e. The number of nitrogen functional groups attached to an aromatic ring is 1. The van der Waals surface area contributed by atoms with Gasteiger partial charge in [-0.2, -0.15) is 0 Å². The quantitative estimate of drug-likeness (QED) is 0.722. The Morgan fingerprint density at radius 3 is 2.55 bits per heavy atom. The van der Waals surface area contributed by atoms with Gasteiger partial charge in [0.05, 0.1) is 7.11 Å². The zero-order chi connectivity index (χ0) is 13.9. The summed E-state index contributed by atoms with van der Waals surface area (Å²) in [5, 5.41) is 1.03. The van der Waals surface area contributed by atoms with Gasteiger partial charge in [-0.3, -0.25) is 0 Å². The van der Waals surface area contributed by atoms with Gasteiger partial charge >= 0.3 is 0 Å². The number of rotatable bonds is 3. The fourth-order valence-corrected chi connectivity index (χ4v) is 2.04. The van der Waals surface area contributed by atoms with E-state index in [9.17, 15) is 0 Å². The minimum atomic E-state index is 0.762. The highest BCUT2D eigenvalue weighted by Crippen LogP contribution is 2.25. The van der Waals surface area contributed by atoms with Gasteiger partial charge in [0.1, 0.15) is 17.1 Å². The Morgan fingerprint density at radius 2 is 1.80 bits per heavy atom. The SMILES string of the molecule is COc1ccc2oc(/C=C/c3ccc(N)cc3)cc2c1. The van der Waals surface area contributed by atoms with Crippen LogP contribution in [0.5, 0.6) is 5.75 Å². The lowest BCUT2D eigenvalue weighted by molar-refractivity contribution is 0.415. The van der Waals surface area contributed by atoms with E-state index in [-0.39, 0.29) is 0 Å². The predicted molar refractivity (Wildman–Crippen MR) is 82.5 cm³/mol. The van der Waals surface area contributed by atoms with Crippen molar-refractivity contribution >= 4 is 28.8 Å². The number of hydrogen-bond acceptors (Lipinski definition) is 3. The van der Waals surface area contributed by atoms with E-state index in [4.69, 9.17) is 14.9 Å². The Labute approximate surface area is 117 Å². The fourth-order valence-electron chi connectivity index (χ4n) is 2.04. The molecule has 2 aromatic carbocycles. The summed E-state index contributed by atoms with van der Waals surface area (Å²) in [5.41, 5.74) is 8.35. The van der Waals surface area contributed by atoms with Crippen LogP contribution < -0.4 is 10.5 Å². The number of nitrogens with two attached hydrogens (primary N) is 1. The molecule has 0 saturated heterocycles. The summed E-state index contributed by atoms with van der Waals surface area (Å²) in [4.78, 5) is 0. The second kappa shape index (κ2) is 5.13. The second-order valence-electron chi connectivity index (χ2n) is 4.55. The number of furan rings is 1. The molecule has 2 N–H and O–H groups in total. The molecule has 20 heavy (non-hydrogen) atoms. The third kappa shape index (κ3) is 2.52. The van der Waals surface area contributed by atoms with Crippen LogP contribution >= 0.6 is 0 Å². The van der Waals surface area contributed by atoms with E-state index in [1.807, 2.05) is 60.7 Å². The van der Waals surface area contributed by atoms with Crippen LogP contribution in [0.4, 0.5) is 5.69 Å². The third-order valence-electron chi connectivity index (χ3n) is 3.12. The molecule has 0 unspecified atom stereocenters. The van der Waals surface area contributed by atoms with Gasteiger partial charge in [0.2, 0.25) is 0 Å². The van der Waals surface area contributed by atoms with Crippen molar-refractivity contribution in [2.75, 3.05) is 12.8 Å². The van der Waals surface area contributed by atoms with Crippen molar-refractivity contribution in [2.45, 2.75) is 0 Å². The topological polar surface area (TPSA) is 48.4 Å². The van der Waals surface area contributed by atoms with Gasteiger partial charge in [0, 0.05) is 11.1 Å². The number of fused-ring (bicyclic) bond motifs is 1. The minimum absolute atomic E-state index is 0.762. The first-order valence-corrected chi connectivity index (χ1v) is 6.36. The zero-order valence-corrected chi connectivity index (χ0v) is 11.2. The van der Waals surface area contributed by atoms with E-state index in [0.29, 0.717) is 0 Å². The molecule has 0 fully saturated rings. The molecule has 100 valence electrons. The van der Waals surface area contributed by atoms with Gasteiger partial charge in [0.15, 0.2) is 0 Å². The Balaban J connectivity index is 1.88. The van der Waals surface area contributed by atoms with Gasteiger partial charge in [-0.1, -0.05) is 18.2 Å². The van der Waals surface area contributed by atoms with Crippen LogP contribution in [0.25, 0.3) is 23.1 Å². The molecular weight excluding hydrogens is 250 g/mol. The van der Waals surface area contributed by atoms with Crippen molar-refractivity contribution in [1.29, 1.82) is 0 Å². The predicted octanol–water partition coefficient (Wildman–Crippen LogP) is 4.19. The molecule has 0 spiro atoms. The van der Waals surface area contributed by atoms with E-state index < -0.39 is 0 Å². The lowest BCUT2D eigenvalue weighted by atomic mass is 10.2. The molecule has 0 atom stereocenters. The maximum Gasteiger partial charge on any atom is 0.135 e. The number of anilines is 1. The van der Waals surface area contributed by atoms with Crippen LogP contribution in [0, 0.1) is 0 Å². The molecule has 3 aromatic rings. The largest absolute Gasteiger partial charge is 0.497 e. The van der Waals surface area contributed by atoms with Crippen molar-refractivity contribution in [3.8, 4) is 5.75 Å². The lowest BCUT2D eigenvalue weighted by Gasteiger charge is -1.96. The van der Waals surface area contributed by atoms with Crippen LogP contribution in [-0.2, 0) is 0 Å². The molecule has 0 bridgehead atoms. The van der Waals surface area contributed by atoms with Crippen LogP contribution in [0.1, 0.15) is 11.3 Å². The summed E-state index contributed by atoms with van der Waals surface area (Å²) < 4.78 is 10.9. The summed E-state index contributed by atoms with van der Waals surface area (Å²) in [6.07, 6.45) is 3.94. The Hall–Kier alpha value is -2.68. The summed E-state index contributed by atoms with van der Waals surface area (Å²) in [5.74, 6) is 1.64. The van der Waals surface area contributed by atoms with Crippen LogP contribution in [0.3, 0.4) is 0 Å². The summed E-state index contributed by atoms with van der Waals surface area (Å²) in [6, 6.07) is 15.4. The fraction of sp³-hybridized carbons (Fsp3) is 0.0588. The van der Waals surface area contributed by atoms with E-state index in [2.05, 4.69) is 0 Å². The number of hydrogen-bond donors (Lipinski definition) is 1. The molecule has 1 heterocycles. The van der Waals surface area contributed by atoms with E-state index in [1.54, 1.807) is 7.11 Å². The standard InChI is InChI=1S/C17H15NO2/c1-19-15-8-9-17-13(10-15)11-16(20-17)7-4-12-2-5-14(18)6-3-12/h2-11H,18H2,1H3/b7-4+. The maximum atomic E-state index is 5.75. The first-order valence-electron chi connectivity index (χ1n) is 6.36. The van der Waals surface area contributed by atoms with Gasteiger partial charge in [-0.25, -0.2) is 0 Å². The molecule has 0 aliphatic carbocycles. The third-order valence-corrected chi connectivity index (χ3v) is 3.12. The normalized spacial score (nSPS) is 11.2. The Kier molecular flexibility index (Phi) is 3.17. The monoisotopic (exact) mass is 265 g/mol. The number of ether oxygens (including phenoxy) is 1. The van der Waals surface area contributed by atoms with Gasteiger partial charge in [0.25, 0.3) is 0 Å². The molecule has 0 aliphatic rings. The van der Waals surface area contributed by atoms with Crippen molar-refractivity contribution in [2.24, 2.45) is 0 Å². The molecular formula is C17H15NO2. The van der Waals surface area contributed by atoms with Crippen molar-refractivity contribution in [3.63, 3.8) is 0 Å². The summed E-state index contributed by atoms with van der Waals surface area (Å²) >= 11 is 0. The van der Waals surface area contributed by atoms with Gasteiger partial charge < -0.3 is 14.9 Å². The Bertz CT molecular complexity index is 754. The lowest BCUT2D eigenvalue weighted by Crippen LogP contribution is -1.82. The van der Waals surface area contributed by atoms with Crippen molar-refractivity contribution in [1.82, 2.24) is 0 Å². The highest BCUT2D eigenvalue weighted by molar-refractivity contribution is 5.83. The number of benzene rings is 2. The molecule has 3 nitrogen and oxygen atoms in total. The molecule has 0 amide bonds. The highest BCUT2D eigenvalue weighted by atomic mass is 16.5. The van der Waals surface area contributed by atoms with Crippen LogP contribution in [-0.4, -0.2) is 7.11 Å².